The van der Waals surface area contributed by atoms with E-state index in [9.17, 15) is 0 Å². The molecule has 6 heteroatoms. The molecule has 1 aliphatic carbocycles. The van der Waals surface area contributed by atoms with Gasteiger partial charge in [0.2, 0.25) is 0 Å². The Morgan fingerprint density at radius 3 is 2.25 bits per heavy atom. The second-order valence-electron chi connectivity index (χ2n) is 8.25. The van der Waals surface area contributed by atoms with Crippen LogP contribution >= 0.6 is 24.0 Å². The lowest BCUT2D eigenvalue weighted by atomic mass is 9.82. The number of rotatable bonds is 3. The molecule has 4 atom stereocenters. The minimum Gasteiger partial charge on any atom is -0.374 e. The largest absolute Gasteiger partial charge is 0.374 e. The molecule has 4 rings (SSSR count). The Balaban J connectivity index is 0.00000169. The van der Waals surface area contributed by atoms with E-state index in [0.717, 1.165) is 37.4 Å². The van der Waals surface area contributed by atoms with Crippen molar-refractivity contribution in [3.63, 3.8) is 0 Å². The van der Waals surface area contributed by atoms with Crippen molar-refractivity contribution in [3.8, 4) is 0 Å². The Kier molecular flexibility index (Phi) is 5.67. The first-order chi connectivity index (χ1) is 11.1. The summed E-state index contributed by atoms with van der Waals surface area (Å²) in [6, 6.07) is 0. The summed E-state index contributed by atoms with van der Waals surface area (Å²) in [4.78, 5) is 9.50. The summed E-state index contributed by atoms with van der Waals surface area (Å²) >= 11 is 0. The van der Waals surface area contributed by atoms with Gasteiger partial charge in [0.1, 0.15) is 0 Å². The van der Waals surface area contributed by atoms with Crippen LogP contribution in [0.5, 0.6) is 0 Å². The van der Waals surface area contributed by atoms with Crippen molar-refractivity contribution in [1.29, 1.82) is 0 Å². The van der Waals surface area contributed by atoms with Gasteiger partial charge in [-0.15, -0.1) is 24.0 Å². The number of aliphatic imine (C=N–C) groups is 1. The van der Waals surface area contributed by atoms with Crippen molar-refractivity contribution >= 4 is 29.9 Å². The van der Waals surface area contributed by atoms with Crippen molar-refractivity contribution in [2.75, 3.05) is 40.8 Å². The molecule has 0 aromatic rings. The average molecular weight is 448 g/mol. The summed E-state index contributed by atoms with van der Waals surface area (Å²) < 4.78 is 6.10. The summed E-state index contributed by atoms with van der Waals surface area (Å²) in [6.07, 6.45) is 8.90. The van der Waals surface area contributed by atoms with Crippen LogP contribution < -0.4 is 5.32 Å². The Morgan fingerprint density at radius 1 is 1.17 bits per heavy atom. The number of likely N-dealkylation sites (tertiary alicyclic amines) is 1. The van der Waals surface area contributed by atoms with Gasteiger partial charge in [0, 0.05) is 44.1 Å². The highest BCUT2D eigenvalue weighted by Crippen LogP contribution is 2.47. The van der Waals surface area contributed by atoms with Gasteiger partial charge in [-0.1, -0.05) is 12.8 Å². The van der Waals surface area contributed by atoms with Crippen LogP contribution in [0.4, 0.5) is 0 Å². The highest BCUT2D eigenvalue weighted by Gasteiger charge is 2.53. The lowest BCUT2D eigenvalue weighted by Gasteiger charge is -2.37. The molecule has 138 valence electrons. The molecular formula is C18H33IN4O. The van der Waals surface area contributed by atoms with Gasteiger partial charge in [0.05, 0.1) is 12.2 Å². The van der Waals surface area contributed by atoms with Crippen LogP contribution in [-0.4, -0.2) is 74.3 Å². The number of fused-ring (bicyclic) bond motifs is 5. The maximum absolute atomic E-state index is 6.10. The first-order valence-electron chi connectivity index (χ1n) is 9.41. The minimum absolute atomic E-state index is 0. The molecular weight excluding hydrogens is 415 g/mol. The van der Waals surface area contributed by atoms with Crippen molar-refractivity contribution in [3.05, 3.63) is 0 Å². The van der Waals surface area contributed by atoms with E-state index in [1.165, 1.54) is 38.5 Å². The van der Waals surface area contributed by atoms with Crippen molar-refractivity contribution in [2.24, 2.45) is 16.8 Å². The maximum atomic E-state index is 6.10. The fourth-order valence-corrected chi connectivity index (χ4v) is 5.52. The molecule has 1 N–H and O–H groups in total. The second-order valence-corrected chi connectivity index (χ2v) is 8.25. The van der Waals surface area contributed by atoms with Crippen molar-refractivity contribution in [1.82, 2.24) is 15.1 Å². The molecule has 4 unspecified atom stereocenters. The molecule has 4 fully saturated rings. The Labute approximate surface area is 163 Å². The number of ether oxygens (including phenoxy) is 1. The molecule has 2 bridgehead atoms. The fraction of sp³-hybridized carbons (Fsp3) is 0.944. The Morgan fingerprint density at radius 2 is 1.75 bits per heavy atom. The lowest BCUT2D eigenvalue weighted by Crippen LogP contribution is -2.53. The predicted molar refractivity (Wildman–Crippen MR) is 108 cm³/mol. The first-order valence-corrected chi connectivity index (χ1v) is 9.41. The van der Waals surface area contributed by atoms with Crippen LogP contribution in [0.15, 0.2) is 4.99 Å². The molecule has 3 saturated heterocycles. The molecule has 3 heterocycles. The van der Waals surface area contributed by atoms with Crippen LogP contribution in [0.1, 0.15) is 38.5 Å². The quantitative estimate of drug-likeness (QED) is 0.408. The number of hydrogen-bond acceptors (Lipinski definition) is 3. The molecule has 5 nitrogen and oxygen atoms in total. The van der Waals surface area contributed by atoms with E-state index in [1.54, 1.807) is 0 Å². The van der Waals surface area contributed by atoms with Crippen LogP contribution in [0, 0.1) is 11.8 Å². The number of likely N-dealkylation sites (N-methyl/N-ethyl adjacent to an activating group) is 1. The molecule has 1 saturated carbocycles. The molecule has 3 aliphatic heterocycles. The Bertz CT molecular complexity index is 460. The molecule has 0 radical (unpaired) electrons. The summed E-state index contributed by atoms with van der Waals surface area (Å²) in [7, 11) is 6.38. The van der Waals surface area contributed by atoms with E-state index in [1.807, 2.05) is 7.05 Å². The molecule has 4 aliphatic rings. The van der Waals surface area contributed by atoms with Gasteiger partial charge in [-0.25, -0.2) is 0 Å². The lowest BCUT2D eigenvalue weighted by molar-refractivity contribution is 0.0765. The van der Waals surface area contributed by atoms with Crippen molar-refractivity contribution < 1.29 is 4.74 Å². The number of nitrogens with zero attached hydrogens (tertiary/aromatic N) is 3. The topological polar surface area (TPSA) is 40.1 Å². The van der Waals surface area contributed by atoms with Gasteiger partial charge in [0.25, 0.3) is 0 Å². The van der Waals surface area contributed by atoms with E-state index in [0.29, 0.717) is 17.7 Å². The summed E-state index contributed by atoms with van der Waals surface area (Å²) in [5.74, 6) is 2.58. The third-order valence-corrected chi connectivity index (χ3v) is 7.02. The zero-order valence-corrected chi connectivity index (χ0v) is 17.7. The van der Waals surface area contributed by atoms with Gasteiger partial charge in [0.15, 0.2) is 5.96 Å². The van der Waals surface area contributed by atoms with Gasteiger partial charge < -0.3 is 19.9 Å². The standard InChI is InChI=1S/C18H32N4O.HI/c1-19-17(20-12-18(21(2)3)8-4-5-9-18)22-10-13-14(11-22)16-7-6-15(13)23-16;/h13-16H,4-12H2,1-3H3,(H,19,20);1H. The molecule has 0 aromatic heterocycles. The number of halogens is 1. The molecule has 24 heavy (non-hydrogen) atoms. The van der Waals surface area contributed by atoms with E-state index >= 15 is 0 Å². The number of nitrogens with one attached hydrogen (secondary N) is 1. The maximum Gasteiger partial charge on any atom is 0.193 e. The summed E-state index contributed by atoms with van der Waals surface area (Å²) in [5.41, 5.74) is 0.313. The molecule has 0 aromatic carbocycles. The van der Waals surface area contributed by atoms with E-state index < -0.39 is 0 Å². The predicted octanol–water partition coefficient (Wildman–Crippen LogP) is 2.16. The second kappa shape index (κ2) is 7.27. The van der Waals surface area contributed by atoms with Crippen LogP contribution in [0.3, 0.4) is 0 Å². The Hall–Kier alpha value is -0.0800. The van der Waals surface area contributed by atoms with E-state index in [4.69, 9.17) is 4.74 Å². The minimum atomic E-state index is 0. The van der Waals surface area contributed by atoms with Gasteiger partial charge in [-0.3, -0.25) is 4.99 Å². The van der Waals surface area contributed by atoms with E-state index in [2.05, 4.69) is 34.2 Å². The van der Waals surface area contributed by atoms with Crippen molar-refractivity contribution in [2.45, 2.75) is 56.3 Å². The SMILES string of the molecule is CN=C(NCC1(N(C)C)CCCC1)N1CC2C3CCC(O3)C2C1.I. The summed E-state index contributed by atoms with van der Waals surface area (Å²) in [6.45, 7) is 3.27. The third-order valence-electron chi connectivity index (χ3n) is 7.02. The van der Waals surface area contributed by atoms with Crippen LogP contribution in [0.2, 0.25) is 0 Å². The van der Waals surface area contributed by atoms with E-state index in [-0.39, 0.29) is 24.0 Å². The summed E-state index contributed by atoms with van der Waals surface area (Å²) in [5, 5.41) is 3.71. The number of hydrogen-bond donors (Lipinski definition) is 1. The van der Waals surface area contributed by atoms with Crippen LogP contribution in [0.25, 0.3) is 0 Å². The number of guanidine groups is 1. The van der Waals surface area contributed by atoms with Gasteiger partial charge in [-0.05, 0) is 39.8 Å². The monoisotopic (exact) mass is 448 g/mol. The normalized spacial score (nSPS) is 37.0. The fourth-order valence-electron chi connectivity index (χ4n) is 5.52. The first kappa shape index (κ1) is 18.7. The zero-order valence-electron chi connectivity index (χ0n) is 15.3. The zero-order chi connectivity index (χ0) is 16.0. The highest BCUT2D eigenvalue weighted by molar-refractivity contribution is 14.0. The van der Waals surface area contributed by atoms with Gasteiger partial charge in [-0.2, -0.15) is 0 Å². The van der Waals surface area contributed by atoms with Gasteiger partial charge >= 0.3 is 0 Å². The highest BCUT2D eigenvalue weighted by atomic mass is 127. The molecule has 0 spiro atoms. The average Bonchev–Trinajstić information content (AvgIpc) is 3.30. The smallest absolute Gasteiger partial charge is 0.193 e. The molecule has 0 amide bonds. The third kappa shape index (κ3) is 3.07. The van der Waals surface area contributed by atoms with Crippen LogP contribution in [-0.2, 0) is 4.74 Å².